The number of carbonyl (C=O) groups is 1. The molecule has 7 heteroatoms. The van der Waals surface area contributed by atoms with E-state index in [2.05, 4.69) is 9.94 Å². The van der Waals surface area contributed by atoms with E-state index in [1.54, 1.807) is 18.0 Å². The molecular weight excluding hydrogens is 200 g/mol. The minimum atomic E-state index is -0.0213. The maximum atomic E-state index is 11.3. The van der Waals surface area contributed by atoms with Crippen LogP contribution in [-0.4, -0.2) is 39.7 Å². The van der Waals surface area contributed by atoms with E-state index < -0.39 is 0 Å². The van der Waals surface area contributed by atoms with Crippen LogP contribution in [-0.2, 0) is 22.7 Å². The van der Waals surface area contributed by atoms with Gasteiger partial charge in [0.05, 0.1) is 23.4 Å². The van der Waals surface area contributed by atoms with Crippen LogP contribution in [0.25, 0.3) is 0 Å². The molecule has 1 aliphatic heterocycles. The summed E-state index contributed by atoms with van der Waals surface area (Å²) in [4.78, 5) is 28.8. The Morgan fingerprint density at radius 1 is 1.53 bits per heavy atom. The molecular formula is C8H11N4O3+. The normalized spacial score (nSPS) is 15.1. The number of amides is 1. The van der Waals surface area contributed by atoms with Gasteiger partial charge in [0, 0.05) is 7.05 Å². The van der Waals surface area contributed by atoms with Crippen LogP contribution in [0.15, 0.2) is 6.07 Å². The van der Waals surface area contributed by atoms with Gasteiger partial charge in [-0.2, -0.15) is 4.68 Å². The second-order valence-corrected chi connectivity index (χ2v) is 3.34. The molecule has 0 unspecified atom stereocenters. The summed E-state index contributed by atoms with van der Waals surface area (Å²) in [6.45, 7) is 0.632. The largest absolute Gasteiger partial charge is 0.434 e. The van der Waals surface area contributed by atoms with Crippen LogP contribution in [0.4, 0.5) is 5.82 Å². The highest BCUT2D eigenvalue weighted by Crippen LogP contribution is 2.17. The number of aromatic nitrogens is 2. The van der Waals surface area contributed by atoms with Gasteiger partial charge in [0.1, 0.15) is 13.7 Å². The summed E-state index contributed by atoms with van der Waals surface area (Å²) in [5.41, 5.74) is 0.824. The molecule has 1 amide bonds. The predicted molar refractivity (Wildman–Crippen MR) is 49.0 cm³/mol. The second kappa shape index (κ2) is 3.34. The van der Waals surface area contributed by atoms with Crippen molar-refractivity contribution in [2.24, 2.45) is 0 Å². The van der Waals surface area contributed by atoms with E-state index in [1.807, 2.05) is 0 Å². The first-order valence-electron chi connectivity index (χ1n) is 4.44. The van der Waals surface area contributed by atoms with Crippen LogP contribution < -0.4 is 0 Å². The summed E-state index contributed by atoms with van der Waals surface area (Å²) in [5, 5.41) is 3.96. The molecule has 7 nitrogen and oxygen atoms in total. The molecule has 0 saturated carbocycles. The van der Waals surface area contributed by atoms with Crippen molar-refractivity contribution in [3.8, 4) is 0 Å². The highest BCUT2D eigenvalue weighted by molar-refractivity contribution is 5.76. The third kappa shape index (κ3) is 1.56. The molecule has 2 heterocycles. The molecule has 0 saturated heterocycles. The van der Waals surface area contributed by atoms with Gasteiger partial charge in [0.25, 0.3) is 0 Å². The van der Waals surface area contributed by atoms with E-state index in [1.165, 1.54) is 11.8 Å². The number of rotatable bonds is 2. The second-order valence-electron chi connectivity index (χ2n) is 3.34. The van der Waals surface area contributed by atoms with Crippen LogP contribution in [0.1, 0.15) is 5.69 Å². The zero-order valence-corrected chi connectivity index (χ0v) is 8.51. The molecule has 80 valence electrons. The lowest BCUT2D eigenvalue weighted by Gasteiger charge is -2.20. The Kier molecular flexibility index (Phi) is 2.14. The molecule has 0 spiro atoms. The van der Waals surface area contributed by atoms with Gasteiger partial charge in [0.15, 0.2) is 4.92 Å². The van der Waals surface area contributed by atoms with Crippen molar-refractivity contribution >= 4 is 11.7 Å². The highest BCUT2D eigenvalue weighted by atomic mass is 16.8. The van der Waals surface area contributed by atoms with Crippen molar-refractivity contribution < 1.29 is 14.6 Å². The first-order valence-corrected chi connectivity index (χ1v) is 4.44. The molecule has 1 aromatic heterocycles. The number of carbonyl (C=O) groups excluding carboxylic acids is 1. The molecule has 15 heavy (non-hydrogen) atoms. The fourth-order valence-electron chi connectivity index (χ4n) is 1.47. The average molecular weight is 211 g/mol. The lowest BCUT2D eigenvalue weighted by atomic mass is 10.3. The van der Waals surface area contributed by atoms with E-state index in [4.69, 9.17) is 0 Å². The van der Waals surface area contributed by atoms with Crippen LogP contribution in [0.5, 0.6) is 0 Å². The van der Waals surface area contributed by atoms with E-state index in [9.17, 15) is 9.70 Å². The van der Waals surface area contributed by atoms with Crippen LogP contribution >= 0.6 is 0 Å². The zero-order valence-electron chi connectivity index (χ0n) is 8.51. The first-order chi connectivity index (χ1) is 7.11. The van der Waals surface area contributed by atoms with E-state index >= 15 is 0 Å². The quantitative estimate of drug-likeness (QED) is 0.637. The molecule has 0 aromatic carbocycles. The molecule has 0 fully saturated rings. The summed E-state index contributed by atoms with van der Waals surface area (Å²) in [6.07, 6.45) is 0. The number of hydrogen-bond donors (Lipinski definition) is 0. The van der Waals surface area contributed by atoms with Gasteiger partial charge >= 0.3 is 5.82 Å². The molecule has 0 bridgehead atoms. The fraction of sp³-hybridized carbons (Fsp3) is 0.500. The van der Waals surface area contributed by atoms with Gasteiger partial charge in [-0.25, -0.2) is 0 Å². The van der Waals surface area contributed by atoms with Crippen molar-refractivity contribution in [3.63, 3.8) is 0 Å². The van der Waals surface area contributed by atoms with Gasteiger partial charge < -0.3 is 9.74 Å². The SMILES string of the molecule is CO[N+](=O)c1cc2n(n1)CC(=O)N(C)C2. The molecule has 1 aliphatic rings. The predicted octanol–water partition coefficient (Wildman–Crippen LogP) is -0.173. The monoisotopic (exact) mass is 211 g/mol. The minimum Gasteiger partial charge on any atom is -0.338 e. The van der Waals surface area contributed by atoms with Gasteiger partial charge in [-0.15, -0.1) is 0 Å². The fourth-order valence-corrected chi connectivity index (χ4v) is 1.47. The summed E-state index contributed by atoms with van der Waals surface area (Å²) in [7, 11) is 2.98. The van der Waals surface area contributed by atoms with E-state index in [0.717, 1.165) is 5.69 Å². The summed E-state index contributed by atoms with van der Waals surface area (Å²) >= 11 is 0. The summed E-state index contributed by atoms with van der Waals surface area (Å²) in [5.74, 6) is 0.141. The number of nitrogens with zero attached hydrogens (tertiary/aromatic N) is 4. The Morgan fingerprint density at radius 2 is 2.27 bits per heavy atom. The Morgan fingerprint density at radius 3 is 2.93 bits per heavy atom. The molecule has 0 aliphatic carbocycles. The van der Waals surface area contributed by atoms with Crippen molar-refractivity contribution in [3.05, 3.63) is 16.7 Å². The summed E-state index contributed by atoms with van der Waals surface area (Å²) in [6, 6.07) is 1.61. The number of fused-ring (bicyclic) bond motifs is 1. The number of hydrogen-bond acceptors (Lipinski definition) is 4. The van der Waals surface area contributed by atoms with Crippen molar-refractivity contribution in [1.82, 2.24) is 14.7 Å². The Labute approximate surface area is 85.8 Å². The molecule has 0 radical (unpaired) electrons. The maximum absolute atomic E-state index is 11.3. The molecule has 0 atom stereocenters. The highest BCUT2D eigenvalue weighted by Gasteiger charge is 2.29. The average Bonchev–Trinajstić information content (AvgIpc) is 2.60. The minimum absolute atomic E-state index is 0.0213. The first kappa shape index (κ1) is 9.63. The van der Waals surface area contributed by atoms with Gasteiger partial charge in [-0.05, 0) is 4.91 Å². The molecule has 1 aromatic rings. The Balaban J connectivity index is 2.33. The van der Waals surface area contributed by atoms with Gasteiger partial charge in [-0.1, -0.05) is 0 Å². The van der Waals surface area contributed by atoms with Crippen molar-refractivity contribution in [2.75, 3.05) is 14.2 Å². The lowest BCUT2D eigenvalue weighted by molar-refractivity contribution is -0.739. The zero-order chi connectivity index (χ0) is 11.0. The van der Waals surface area contributed by atoms with Crippen LogP contribution in [0.2, 0.25) is 0 Å². The smallest absolute Gasteiger partial charge is 0.338 e. The number of likely N-dealkylation sites (N-methyl/N-ethyl adjacent to an activating group) is 1. The third-order valence-corrected chi connectivity index (χ3v) is 2.31. The Bertz CT molecular complexity index is 426. The standard InChI is InChI=1S/C8H11N4O3/c1-10-4-6-3-7(12(14)15-2)9-11(6)5-8(10)13/h3H,4-5H2,1-2H3/q+1. The lowest BCUT2D eigenvalue weighted by Crippen LogP contribution is -2.36. The van der Waals surface area contributed by atoms with Crippen molar-refractivity contribution in [1.29, 1.82) is 0 Å². The van der Waals surface area contributed by atoms with Crippen molar-refractivity contribution in [2.45, 2.75) is 13.1 Å². The molecule has 0 N–H and O–H groups in total. The molecule has 2 rings (SSSR count). The summed E-state index contributed by atoms with van der Waals surface area (Å²) < 4.78 is 1.52. The third-order valence-electron chi connectivity index (χ3n) is 2.31. The van der Waals surface area contributed by atoms with Crippen LogP contribution in [0.3, 0.4) is 0 Å². The van der Waals surface area contributed by atoms with Gasteiger partial charge in [-0.3, -0.25) is 4.79 Å². The Hall–Kier alpha value is -1.92. The van der Waals surface area contributed by atoms with Crippen LogP contribution in [0, 0.1) is 4.91 Å². The topological polar surface area (TPSA) is 67.4 Å². The maximum Gasteiger partial charge on any atom is 0.434 e. The van der Waals surface area contributed by atoms with E-state index in [-0.39, 0.29) is 18.3 Å². The van der Waals surface area contributed by atoms with Gasteiger partial charge in [0.2, 0.25) is 5.91 Å². The van der Waals surface area contributed by atoms with E-state index in [0.29, 0.717) is 11.5 Å².